The summed E-state index contributed by atoms with van der Waals surface area (Å²) >= 11 is 6.22. The van der Waals surface area contributed by atoms with Crippen molar-refractivity contribution >= 4 is 44.8 Å². The lowest BCUT2D eigenvalue weighted by Crippen LogP contribution is -2.48. The van der Waals surface area contributed by atoms with Gasteiger partial charge >= 0.3 is 0 Å². The summed E-state index contributed by atoms with van der Waals surface area (Å²) in [5, 5.41) is 0.105. The number of benzene rings is 2. The van der Waals surface area contributed by atoms with E-state index in [9.17, 15) is 18.0 Å². The maximum atomic E-state index is 13.1. The predicted molar refractivity (Wildman–Crippen MR) is 123 cm³/mol. The van der Waals surface area contributed by atoms with Crippen molar-refractivity contribution in [3.05, 3.63) is 53.1 Å². The number of ether oxygens (including phenoxy) is 1. The van der Waals surface area contributed by atoms with E-state index in [1.54, 1.807) is 25.0 Å². The van der Waals surface area contributed by atoms with Crippen molar-refractivity contribution in [3.8, 4) is 5.75 Å². The number of hydrogen-bond donors (Lipinski definition) is 0. The van der Waals surface area contributed by atoms with Crippen molar-refractivity contribution in [3.63, 3.8) is 0 Å². The molecule has 2 aromatic rings. The summed E-state index contributed by atoms with van der Waals surface area (Å²) in [5.74, 6) is -0.925. The quantitative estimate of drug-likeness (QED) is 0.672. The molecule has 1 unspecified atom stereocenters. The average Bonchev–Trinajstić information content (AvgIpc) is 3.00. The highest BCUT2D eigenvalue weighted by atomic mass is 35.5. The van der Waals surface area contributed by atoms with Crippen molar-refractivity contribution in [2.24, 2.45) is 5.92 Å². The van der Waals surface area contributed by atoms with E-state index < -0.39 is 21.8 Å². The Kier molecular flexibility index (Phi) is 6.05. The third-order valence-corrected chi connectivity index (χ3v) is 7.94. The molecule has 0 radical (unpaired) electrons. The summed E-state index contributed by atoms with van der Waals surface area (Å²) in [5.41, 5.74) is 1.29. The third kappa shape index (κ3) is 4.02. The van der Waals surface area contributed by atoms with Gasteiger partial charge < -0.3 is 14.5 Å². The molecule has 0 spiro atoms. The molecule has 1 atom stereocenters. The molecule has 2 amide bonds. The normalized spacial score (nSPS) is 20.5. The highest BCUT2D eigenvalue weighted by Gasteiger charge is 2.43. The van der Waals surface area contributed by atoms with Crippen LogP contribution in [-0.2, 0) is 14.8 Å². The maximum absolute atomic E-state index is 13.1. The van der Waals surface area contributed by atoms with Crippen molar-refractivity contribution in [1.29, 1.82) is 0 Å². The lowest BCUT2D eigenvalue weighted by molar-refractivity contribution is -0.119. The Morgan fingerprint density at radius 1 is 1.06 bits per heavy atom. The minimum atomic E-state index is -3.82. The fourth-order valence-corrected chi connectivity index (χ4v) is 6.17. The smallest absolute Gasteiger partial charge is 0.254 e. The van der Waals surface area contributed by atoms with Gasteiger partial charge in [-0.2, -0.15) is 0 Å². The number of anilines is 2. The van der Waals surface area contributed by atoms with Gasteiger partial charge in [-0.05, 0) is 30.3 Å². The first kappa shape index (κ1) is 22.4. The fraction of sp³-hybridized carbons (Fsp3) is 0.364. The zero-order chi connectivity index (χ0) is 23.0. The Hall–Kier alpha value is -2.78. The molecule has 170 valence electrons. The Morgan fingerprint density at radius 3 is 2.38 bits per heavy atom. The highest BCUT2D eigenvalue weighted by Crippen LogP contribution is 2.35. The molecular formula is C22H24ClN3O5S. The lowest BCUT2D eigenvalue weighted by atomic mass is 10.1. The standard InChI is InChI=1S/C22H24ClN3O5S/c1-15-14-32(29,30)26(21(15)27)19-13-16(7-8-17(19)23)22(28)25-11-9-24(10-12-25)18-5-3-4-6-20(18)31-2/h3-8,13,15H,9-12,14H2,1-2H3. The Balaban J connectivity index is 1.53. The number of rotatable bonds is 4. The second-order valence-electron chi connectivity index (χ2n) is 7.90. The summed E-state index contributed by atoms with van der Waals surface area (Å²) in [4.78, 5) is 29.5. The van der Waals surface area contributed by atoms with Crippen LogP contribution < -0.4 is 13.9 Å². The monoisotopic (exact) mass is 477 g/mol. The zero-order valence-electron chi connectivity index (χ0n) is 17.8. The van der Waals surface area contributed by atoms with E-state index in [1.807, 2.05) is 24.3 Å². The van der Waals surface area contributed by atoms with Crippen LogP contribution in [0.15, 0.2) is 42.5 Å². The number of carbonyl (C=O) groups excluding carboxylic acids is 2. The van der Waals surface area contributed by atoms with Crippen LogP contribution in [0.2, 0.25) is 5.02 Å². The van der Waals surface area contributed by atoms with Crippen LogP contribution in [0.3, 0.4) is 0 Å². The lowest BCUT2D eigenvalue weighted by Gasteiger charge is -2.36. The number of halogens is 1. The van der Waals surface area contributed by atoms with Gasteiger partial charge in [-0.15, -0.1) is 0 Å². The average molecular weight is 478 g/mol. The van der Waals surface area contributed by atoms with Crippen LogP contribution in [0.1, 0.15) is 17.3 Å². The predicted octanol–water partition coefficient (Wildman–Crippen LogP) is 2.62. The molecule has 2 fully saturated rings. The van der Waals surface area contributed by atoms with E-state index in [-0.39, 0.29) is 27.9 Å². The third-order valence-electron chi connectivity index (χ3n) is 5.77. The first-order valence-corrected chi connectivity index (χ1v) is 12.3. The maximum Gasteiger partial charge on any atom is 0.254 e. The number of amides is 2. The summed E-state index contributed by atoms with van der Waals surface area (Å²) in [6, 6.07) is 12.1. The molecule has 2 aromatic carbocycles. The van der Waals surface area contributed by atoms with E-state index >= 15 is 0 Å². The number of nitrogens with zero attached hydrogens (tertiary/aromatic N) is 3. The molecule has 2 aliphatic rings. The molecule has 0 N–H and O–H groups in total. The molecule has 32 heavy (non-hydrogen) atoms. The van der Waals surface area contributed by atoms with E-state index in [4.69, 9.17) is 16.3 Å². The van der Waals surface area contributed by atoms with Gasteiger partial charge in [-0.25, -0.2) is 12.7 Å². The van der Waals surface area contributed by atoms with Gasteiger partial charge in [0.05, 0.1) is 35.2 Å². The van der Waals surface area contributed by atoms with Crippen molar-refractivity contribution in [1.82, 2.24) is 4.90 Å². The summed E-state index contributed by atoms with van der Waals surface area (Å²) in [7, 11) is -2.19. The number of methoxy groups -OCH3 is 1. The van der Waals surface area contributed by atoms with Crippen molar-refractivity contribution in [2.75, 3.05) is 48.2 Å². The van der Waals surface area contributed by atoms with Crippen LogP contribution in [0.4, 0.5) is 11.4 Å². The van der Waals surface area contributed by atoms with Crippen LogP contribution in [-0.4, -0.2) is 64.2 Å². The number of hydrogen-bond acceptors (Lipinski definition) is 6. The fourth-order valence-electron chi connectivity index (χ4n) is 4.09. The van der Waals surface area contributed by atoms with Crippen molar-refractivity contribution in [2.45, 2.75) is 6.92 Å². The molecule has 0 aromatic heterocycles. The largest absolute Gasteiger partial charge is 0.495 e. The SMILES string of the molecule is COc1ccccc1N1CCN(C(=O)c2ccc(Cl)c(N3C(=O)C(C)CS3(=O)=O)c2)CC1. The van der Waals surface area contributed by atoms with E-state index in [2.05, 4.69) is 4.90 Å². The number of piperazine rings is 1. The first-order chi connectivity index (χ1) is 15.2. The number of sulfonamides is 1. The zero-order valence-corrected chi connectivity index (χ0v) is 19.4. The first-order valence-electron chi connectivity index (χ1n) is 10.3. The van der Waals surface area contributed by atoms with Gasteiger partial charge in [-0.3, -0.25) is 9.59 Å². The minimum Gasteiger partial charge on any atom is -0.495 e. The van der Waals surface area contributed by atoms with Crippen LogP contribution in [0.25, 0.3) is 0 Å². The van der Waals surface area contributed by atoms with Gasteiger partial charge in [0.1, 0.15) is 5.75 Å². The molecular weight excluding hydrogens is 454 g/mol. The number of carbonyl (C=O) groups is 2. The van der Waals surface area contributed by atoms with Crippen LogP contribution in [0, 0.1) is 5.92 Å². The molecule has 0 aliphatic carbocycles. The molecule has 4 rings (SSSR count). The highest BCUT2D eigenvalue weighted by molar-refractivity contribution is 7.94. The molecule has 8 nitrogen and oxygen atoms in total. The molecule has 0 saturated carbocycles. The second-order valence-corrected chi connectivity index (χ2v) is 10.2. The second kappa shape index (κ2) is 8.63. The van der Waals surface area contributed by atoms with Gasteiger partial charge in [0.15, 0.2) is 0 Å². The van der Waals surface area contributed by atoms with Gasteiger partial charge in [0.2, 0.25) is 15.9 Å². The van der Waals surface area contributed by atoms with E-state index in [0.717, 1.165) is 15.7 Å². The Morgan fingerprint density at radius 2 is 1.75 bits per heavy atom. The molecule has 2 heterocycles. The molecule has 2 saturated heterocycles. The van der Waals surface area contributed by atoms with Crippen LogP contribution >= 0.6 is 11.6 Å². The van der Waals surface area contributed by atoms with Gasteiger partial charge in [0, 0.05) is 31.7 Å². The Labute approximate surface area is 192 Å². The van der Waals surface area contributed by atoms with E-state index in [0.29, 0.717) is 26.2 Å². The van der Waals surface area contributed by atoms with Crippen molar-refractivity contribution < 1.29 is 22.7 Å². The molecule has 10 heteroatoms. The van der Waals surface area contributed by atoms with E-state index in [1.165, 1.54) is 12.1 Å². The topological polar surface area (TPSA) is 87.2 Å². The summed E-state index contributed by atoms with van der Waals surface area (Å²) in [6.07, 6.45) is 0. The Bertz CT molecular complexity index is 1160. The summed E-state index contributed by atoms with van der Waals surface area (Å²) < 4.78 is 31.1. The number of para-hydroxylation sites is 2. The van der Waals surface area contributed by atoms with Crippen LogP contribution in [0.5, 0.6) is 5.75 Å². The van der Waals surface area contributed by atoms with Gasteiger partial charge in [0.25, 0.3) is 5.91 Å². The minimum absolute atomic E-state index is 0.0273. The summed E-state index contributed by atoms with van der Waals surface area (Å²) in [6.45, 7) is 3.80. The van der Waals surface area contributed by atoms with Gasteiger partial charge in [-0.1, -0.05) is 30.7 Å². The molecule has 0 bridgehead atoms. The molecule has 2 aliphatic heterocycles.